The number of nitrogens with one attached hydrogen (secondary N) is 1. The fraction of sp³-hybridized carbons (Fsp3) is 0.667. The van der Waals surface area contributed by atoms with Crippen molar-refractivity contribution in [2.24, 2.45) is 0 Å². The van der Waals surface area contributed by atoms with E-state index >= 15 is 0 Å². The van der Waals surface area contributed by atoms with E-state index in [-0.39, 0.29) is 0 Å². The fourth-order valence-corrected chi connectivity index (χ4v) is 4.21. The van der Waals surface area contributed by atoms with Crippen LogP contribution in [0.25, 0.3) is 0 Å². The summed E-state index contributed by atoms with van der Waals surface area (Å²) in [5.74, 6) is 0.973. The summed E-state index contributed by atoms with van der Waals surface area (Å²) in [4.78, 5) is 2.74. The standard InChI is InChI=1S/C18H28N2O/c1-13-6-4-5-11-20(13)17-10-8-14-7-9-15(21-3)12-16(14)18(17)19-2/h7,9,12-13,17-19H,4-6,8,10-11H2,1-3H3. The zero-order valence-electron chi connectivity index (χ0n) is 13.6. The minimum Gasteiger partial charge on any atom is -0.497 e. The van der Waals surface area contributed by atoms with Gasteiger partial charge in [0.1, 0.15) is 5.75 Å². The Bertz CT molecular complexity index is 488. The zero-order valence-corrected chi connectivity index (χ0v) is 13.6. The molecule has 0 spiro atoms. The van der Waals surface area contributed by atoms with Crippen LogP contribution in [0.2, 0.25) is 0 Å². The molecule has 1 aromatic rings. The number of methoxy groups -OCH3 is 1. The molecule has 1 N–H and O–H groups in total. The van der Waals surface area contributed by atoms with E-state index in [2.05, 4.69) is 42.4 Å². The van der Waals surface area contributed by atoms with E-state index in [0.717, 1.165) is 5.75 Å². The number of hydrogen-bond acceptors (Lipinski definition) is 3. The van der Waals surface area contributed by atoms with Crippen LogP contribution in [0.15, 0.2) is 18.2 Å². The highest BCUT2D eigenvalue weighted by molar-refractivity contribution is 5.40. The Hall–Kier alpha value is -1.06. The molecular weight excluding hydrogens is 260 g/mol. The molecule has 1 aliphatic heterocycles. The third-order valence-corrected chi connectivity index (χ3v) is 5.37. The van der Waals surface area contributed by atoms with Gasteiger partial charge in [0.25, 0.3) is 0 Å². The summed E-state index contributed by atoms with van der Waals surface area (Å²) < 4.78 is 5.43. The van der Waals surface area contributed by atoms with Crippen molar-refractivity contribution in [3.8, 4) is 5.75 Å². The van der Waals surface area contributed by atoms with Gasteiger partial charge in [-0.15, -0.1) is 0 Å². The van der Waals surface area contributed by atoms with Crippen LogP contribution in [-0.2, 0) is 6.42 Å². The van der Waals surface area contributed by atoms with E-state index in [0.29, 0.717) is 18.1 Å². The van der Waals surface area contributed by atoms with Crippen molar-refractivity contribution in [2.45, 2.75) is 57.2 Å². The van der Waals surface area contributed by atoms with Gasteiger partial charge in [0.15, 0.2) is 0 Å². The number of ether oxygens (including phenoxy) is 1. The summed E-state index contributed by atoms with van der Waals surface area (Å²) in [6.45, 7) is 3.65. The number of fused-ring (bicyclic) bond motifs is 1. The van der Waals surface area contributed by atoms with Crippen LogP contribution in [0.5, 0.6) is 5.75 Å². The van der Waals surface area contributed by atoms with Gasteiger partial charge >= 0.3 is 0 Å². The molecule has 0 radical (unpaired) electrons. The topological polar surface area (TPSA) is 24.5 Å². The largest absolute Gasteiger partial charge is 0.497 e. The van der Waals surface area contributed by atoms with Crippen molar-refractivity contribution in [3.05, 3.63) is 29.3 Å². The predicted octanol–water partition coefficient (Wildman–Crippen LogP) is 3.14. The predicted molar refractivity (Wildman–Crippen MR) is 86.9 cm³/mol. The van der Waals surface area contributed by atoms with Gasteiger partial charge in [-0.25, -0.2) is 0 Å². The molecular formula is C18H28N2O. The number of likely N-dealkylation sites (tertiary alicyclic amines) is 1. The maximum absolute atomic E-state index is 5.43. The highest BCUT2D eigenvalue weighted by Crippen LogP contribution is 2.37. The van der Waals surface area contributed by atoms with Crippen molar-refractivity contribution in [3.63, 3.8) is 0 Å². The average molecular weight is 288 g/mol. The van der Waals surface area contributed by atoms with Crippen molar-refractivity contribution in [1.29, 1.82) is 0 Å². The lowest BCUT2D eigenvalue weighted by molar-refractivity contribution is 0.0726. The maximum Gasteiger partial charge on any atom is 0.119 e. The monoisotopic (exact) mass is 288 g/mol. The first-order chi connectivity index (χ1) is 10.2. The van der Waals surface area contributed by atoms with E-state index in [1.165, 1.54) is 49.8 Å². The number of nitrogens with zero attached hydrogens (tertiary/aromatic N) is 1. The first-order valence-corrected chi connectivity index (χ1v) is 8.34. The molecule has 1 heterocycles. The highest BCUT2D eigenvalue weighted by Gasteiger charge is 2.35. The van der Waals surface area contributed by atoms with E-state index in [9.17, 15) is 0 Å². The van der Waals surface area contributed by atoms with Crippen LogP contribution in [0, 0.1) is 0 Å². The zero-order chi connectivity index (χ0) is 14.8. The summed E-state index contributed by atoms with van der Waals surface area (Å²) in [5.41, 5.74) is 2.92. The second-order valence-corrected chi connectivity index (χ2v) is 6.52. The van der Waals surface area contributed by atoms with E-state index in [1.807, 2.05) is 0 Å². The van der Waals surface area contributed by atoms with Crippen molar-refractivity contribution in [1.82, 2.24) is 10.2 Å². The Kier molecular flexibility index (Phi) is 4.51. The molecule has 1 aliphatic carbocycles. The number of piperidine rings is 1. The normalized spacial score (nSPS) is 30.0. The quantitative estimate of drug-likeness (QED) is 0.925. The molecule has 3 rings (SSSR count). The van der Waals surface area contributed by atoms with Crippen LogP contribution in [0.4, 0.5) is 0 Å². The van der Waals surface area contributed by atoms with Gasteiger partial charge in [0.2, 0.25) is 0 Å². The van der Waals surface area contributed by atoms with Crippen LogP contribution < -0.4 is 10.1 Å². The molecule has 0 aromatic heterocycles. The lowest BCUT2D eigenvalue weighted by Gasteiger charge is -2.45. The third kappa shape index (κ3) is 2.82. The van der Waals surface area contributed by atoms with Crippen molar-refractivity contribution in [2.75, 3.05) is 20.7 Å². The number of rotatable bonds is 3. The molecule has 0 saturated carbocycles. The van der Waals surface area contributed by atoms with Crippen LogP contribution in [0.1, 0.15) is 49.8 Å². The molecule has 2 aliphatic rings. The first kappa shape index (κ1) is 14.9. The molecule has 3 heteroatoms. The Balaban J connectivity index is 1.90. The van der Waals surface area contributed by atoms with Gasteiger partial charge in [-0.3, -0.25) is 4.90 Å². The summed E-state index contributed by atoms with van der Waals surface area (Å²) in [7, 11) is 3.85. The van der Waals surface area contributed by atoms with Crippen molar-refractivity contribution < 1.29 is 4.74 Å². The molecule has 21 heavy (non-hydrogen) atoms. The van der Waals surface area contributed by atoms with Gasteiger partial charge in [0, 0.05) is 18.1 Å². The summed E-state index contributed by atoms with van der Waals surface area (Å²) in [6, 6.07) is 8.32. The lowest BCUT2D eigenvalue weighted by Crippen LogP contribution is -2.51. The van der Waals surface area contributed by atoms with E-state index < -0.39 is 0 Å². The van der Waals surface area contributed by atoms with Gasteiger partial charge in [-0.05, 0) is 69.5 Å². The molecule has 1 saturated heterocycles. The Morgan fingerprint density at radius 3 is 2.81 bits per heavy atom. The molecule has 3 nitrogen and oxygen atoms in total. The average Bonchev–Trinajstić information content (AvgIpc) is 2.53. The molecule has 0 amide bonds. The van der Waals surface area contributed by atoms with Crippen molar-refractivity contribution >= 4 is 0 Å². The summed E-state index contributed by atoms with van der Waals surface area (Å²) in [6.07, 6.45) is 6.53. The molecule has 116 valence electrons. The van der Waals surface area contributed by atoms with Gasteiger partial charge in [-0.1, -0.05) is 12.5 Å². The SMILES string of the molecule is CNC1c2cc(OC)ccc2CCC1N1CCCCC1C. The van der Waals surface area contributed by atoms with E-state index in [1.54, 1.807) is 7.11 Å². The van der Waals surface area contributed by atoms with E-state index in [4.69, 9.17) is 4.74 Å². The second kappa shape index (κ2) is 6.37. The van der Waals surface area contributed by atoms with Gasteiger partial charge in [-0.2, -0.15) is 0 Å². The summed E-state index contributed by atoms with van der Waals surface area (Å²) >= 11 is 0. The maximum atomic E-state index is 5.43. The fourth-order valence-electron chi connectivity index (χ4n) is 4.21. The molecule has 0 bridgehead atoms. The molecule has 1 fully saturated rings. The van der Waals surface area contributed by atoms with Gasteiger partial charge in [0.05, 0.1) is 7.11 Å². The minimum atomic E-state index is 0.421. The third-order valence-electron chi connectivity index (χ3n) is 5.37. The lowest BCUT2D eigenvalue weighted by atomic mass is 9.81. The Labute approximate surface area is 128 Å². The number of aryl methyl sites for hydroxylation is 1. The number of hydrogen-bond donors (Lipinski definition) is 1. The van der Waals surface area contributed by atoms with Crippen LogP contribution in [-0.4, -0.2) is 37.7 Å². The van der Waals surface area contributed by atoms with Gasteiger partial charge < -0.3 is 10.1 Å². The number of likely N-dealkylation sites (N-methyl/N-ethyl adjacent to an activating group) is 1. The highest BCUT2D eigenvalue weighted by atomic mass is 16.5. The first-order valence-electron chi connectivity index (χ1n) is 8.34. The smallest absolute Gasteiger partial charge is 0.119 e. The Morgan fingerprint density at radius 1 is 1.24 bits per heavy atom. The number of benzene rings is 1. The van der Waals surface area contributed by atoms with Crippen LogP contribution >= 0.6 is 0 Å². The molecule has 3 atom stereocenters. The minimum absolute atomic E-state index is 0.421. The molecule has 1 aromatic carbocycles. The van der Waals surface area contributed by atoms with Crippen LogP contribution in [0.3, 0.4) is 0 Å². The second-order valence-electron chi connectivity index (χ2n) is 6.52. The molecule has 3 unspecified atom stereocenters. The Morgan fingerprint density at radius 2 is 2.10 bits per heavy atom. The summed E-state index contributed by atoms with van der Waals surface area (Å²) in [5, 5.41) is 3.58.